The van der Waals surface area contributed by atoms with E-state index in [4.69, 9.17) is 11.6 Å². The maximum atomic E-state index is 9.63. The fourth-order valence-corrected chi connectivity index (χ4v) is 2.81. The van der Waals surface area contributed by atoms with Crippen molar-refractivity contribution in [1.82, 2.24) is 25.0 Å². The van der Waals surface area contributed by atoms with Gasteiger partial charge in [0.25, 0.3) is 0 Å². The summed E-state index contributed by atoms with van der Waals surface area (Å²) in [5, 5.41) is 25.2. The standard InChI is InChI=1S/C18H24ClN7O/c1-10(2)14(9-27)21-18-22-16(20-13-7-5-6-12(19)8-13)15-17(23-18)26(11(3)4)25-24-15/h5-8,10-11,14,27H,9H2,1-4H3,(H2,20,21,22,23)/t14-/m0/s1. The average molecular weight is 390 g/mol. The largest absolute Gasteiger partial charge is 0.394 e. The molecule has 2 aromatic heterocycles. The monoisotopic (exact) mass is 389 g/mol. The molecule has 2 heterocycles. The molecule has 0 saturated carbocycles. The number of fused-ring (bicyclic) bond motifs is 1. The number of hydrogen-bond donors (Lipinski definition) is 3. The van der Waals surface area contributed by atoms with Gasteiger partial charge in [-0.05, 0) is 38.0 Å². The van der Waals surface area contributed by atoms with E-state index in [1.165, 1.54) is 0 Å². The predicted molar refractivity (Wildman–Crippen MR) is 108 cm³/mol. The van der Waals surface area contributed by atoms with E-state index in [-0.39, 0.29) is 24.6 Å². The number of hydrogen-bond acceptors (Lipinski definition) is 7. The van der Waals surface area contributed by atoms with Gasteiger partial charge in [0.2, 0.25) is 5.95 Å². The lowest BCUT2D eigenvalue weighted by Gasteiger charge is -2.20. The average Bonchev–Trinajstić information content (AvgIpc) is 3.04. The molecule has 1 atom stereocenters. The van der Waals surface area contributed by atoms with Gasteiger partial charge in [0, 0.05) is 10.7 Å². The molecule has 0 spiro atoms. The van der Waals surface area contributed by atoms with Gasteiger partial charge in [0.15, 0.2) is 17.0 Å². The smallest absolute Gasteiger partial charge is 0.227 e. The van der Waals surface area contributed by atoms with E-state index in [1.807, 2.05) is 39.8 Å². The maximum Gasteiger partial charge on any atom is 0.227 e. The second-order valence-corrected chi connectivity index (χ2v) is 7.44. The Kier molecular flexibility index (Phi) is 5.76. The van der Waals surface area contributed by atoms with E-state index in [1.54, 1.807) is 16.8 Å². The molecule has 0 amide bonds. The second-order valence-electron chi connectivity index (χ2n) is 7.01. The number of aliphatic hydroxyl groups excluding tert-OH is 1. The SMILES string of the molecule is CC(C)[C@H](CO)Nc1nc(Nc2cccc(Cl)c2)c2nnn(C(C)C)c2n1. The van der Waals surface area contributed by atoms with Crippen LogP contribution < -0.4 is 10.6 Å². The van der Waals surface area contributed by atoms with Gasteiger partial charge in [0.1, 0.15) is 0 Å². The topological polar surface area (TPSA) is 101 Å². The third-order valence-corrected chi connectivity index (χ3v) is 4.45. The van der Waals surface area contributed by atoms with Crippen molar-refractivity contribution < 1.29 is 5.11 Å². The van der Waals surface area contributed by atoms with Gasteiger partial charge < -0.3 is 15.7 Å². The number of nitrogens with one attached hydrogen (secondary N) is 2. The number of halogens is 1. The van der Waals surface area contributed by atoms with E-state index in [0.717, 1.165) is 5.69 Å². The summed E-state index contributed by atoms with van der Waals surface area (Å²) < 4.78 is 1.74. The highest BCUT2D eigenvalue weighted by molar-refractivity contribution is 6.30. The fourth-order valence-electron chi connectivity index (χ4n) is 2.62. The van der Waals surface area contributed by atoms with Gasteiger partial charge in [-0.15, -0.1) is 5.10 Å². The molecule has 0 fully saturated rings. The Bertz CT molecular complexity index is 925. The van der Waals surface area contributed by atoms with Crippen molar-refractivity contribution in [3.05, 3.63) is 29.3 Å². The van der Waals surface area contributed by atoms with Crippen LogP contribution in [0.1, 0.15) is 33.7 Å². The minimum absolute atomic E-state index is 0.0161. The molecule has 3 N–H and O–H groups in total. The van der Waals surface area contributed by atoms with Crippen LogP contribution in [0.15, 0.2) is 24.3 Å². The molecule has 0 aliphatic carbocycles. The zero-order valence-electron chi connectivity index (χ0n) is 15.8. The van der Waals surface area contributed by atoms with Gasteiger partial charge in [-0.2, -0.15) is 9.97 Å². The molecule has 3 rings (SSSR count). The van der Waals surface area contributed by atoms with Crippen molar-refractivity contribution in [2.45, 2.75) is 39.8 Å². The highest BCUT2D eigenvalue weighted by Gasteiger charge is 2.19. The first-order valence-corrected chi connectivity index (χ1v) is 9.29. The Labute approximate surface area is 163 Å². The molecule has 3 aromatic rings. The van der Waals surface area contributed by atoms with Gasteiger partial charge in [-0.3, -0.25) is 0 Å². The highest BCUT2D eigenvalue weighted by Crippen LogP contribution is 2.26. The van der Waals surface area contributed by atoms with Crippen molar-refractivity contribution in [3.63, 3.8) is 0 Å². The van der Waals surface area contributed by atoms with Gasteiger partial charge >= 0.3 is 0 Å². The van der Waals surface area contributed by atoms with Crippen LogP contribution in [0.5, 0.6) is 0 Å². The molecule has 144 valence electrons. The van der Waals surface area contributed by atoms with Crippen LogP contribution in [-0.2, 0) is 0 Å². The van der Waals surface area contributed by atoms with Crippen LogP contribution >= 0.6 is 11.6 Å². The predicted octanol–water partition coefficient (Wildman–Crippen LogP) is 3.63. The molecule has 1 aromatic carbocycles. The van der Waals surface area contributed by atoms with E-state index in [2.05, 4.69) is 30.9 Å². The molecule has 27 heavy (non-hydrogen) atoms. The number of aromatic nitrogens is 5. The summed E-state index contributed by atoms with van der Waals surface area (Å²) >= 11 is 6.08. The summed E-state index contributed by atoms with van der Waals surface area (Å²) in [6, 6.07) is 7.29. The Morgan fingerprint density at radius 3 is 2.59 bits per heavy atom. The van der Waals surface area contributed by atoms with Crippen molar-refractivity contribution in [1.29, 1.82) is 0 Å². The number of aliphatic hydroxyl groups is 1. The highest BCUT2D eigenvalue weighted by atomic mass is 35.5. The lowest BCUT2D eigenvalue weighted by Crippen LogP contribution is -2.30. The van der Waals surface area contributed by atoms with E-state index >= 15 is 0 Å². The van der Waals surface area contributed by atoms with Gasteiger partial charge in [0.05, 0.1) is 18.7 Å². The summed E-state index contributed by atoms with van der Waals surface area (Å²) in [5.41, 5.74) is 1.97. The third-order valence-electron chi connectivity index (χ3n) is 4.22. The van der Waals surface area contributed by atoms with Crippen LogP contribution in [-0.4, -0.2) is 42.7 Å². The number of anilines is 3. The van der Waals surface area contributed by atoms with Crippen molar-refractivity contribution in [2.24, 2.45) is 5.92 Å². The zero-order valence-corrected chi connectivity index (χ0v) is 16.6. The summed E-state index contributed by atoms with van der Waals surface area (Å²) in [4.78, 5) is 9.15. The fraction of sp³-hybridized carbons (Fsp3) is 0.444. The van der Waals surface area contributed by atoms with Crippen molar-refractivity contribution >= 4 is 40.2 Å². The first-order valence-electron chi connectivity index (χ1n) is 8.92. The lowest BCUT2D eigenvalue weighted by atomic mass is 10.1. The Hall–Kier alpha value is -2.45. The van der Waals surface area contributed by atoms with Crippen LogP contribution in [0.4, 0.5) is 17.5 Å². The lowest BCUT2D eigenvalue weighted by molar-refractivity contribution is 0.248. The van der Waals surface area contributed by atoms with E-state index in [9.17, 15) is 5.11 Å². The van der Waals surface area contributed by atoms with Crippen molar-refractivity contribution in [3.8, 4) is 0 Å². The van der Waals surface area contributed by atoms with E-state index < -0.39 is 0 Å². The molecule has 0 unspecified atom stereocenters. The van der Waals surface area contributed by atoms with Gasteiger partial charge in [-0.25, -0.2) is 4.68 Å². The van der Waals surface area contributed by atoms with Gasteiger partial charge in [-0.1, -0.05) is 36.7 Å². The van der Waals surface area contributed by atoms with Crippen molar-refractivity contribution in [2.75, 3.05) is 17.2 Å². The first kappa shape index (κ1) is 19.3. The second kappa shape index (κ2) is 8.06. The Balaban J connectivity index is 2.07. The molecule has 0 aliphatic heterocycles. The van der Waals surface area contributed by atoms with Crippen LogP contribution in [0.3, 0.4) is 0 Å². The molecule has 0 bridgehead atoms. The quantitative estimate of drug-likeness (QED) is 0.567. The number of rotatable bonds is 7. The minimum atomic E-state index is -0.162. The molecule has 9 heteroatoms. The molecule has 8 nitrogen and oxygen atoms in total. The Morgan fingerprint density at radius 2 is 1.96 bits per heavy atom. The maximum absolute atomic E-state index is 9.63. The third kappa shape index (κ3) is 4.28. The van der Waals surface area contributed by atoms with Crippen LogP contribution in [0.2, 0.25) is 5.02 Å². The molecular formula is C18H24ClN7O. The molecule has 0 aliphatic rings. The zero-order chi connectivity index (χ0) is 19.6. The number of benzene rings is 1. The summed E-state index contributed by atoms with van der Waals surface area (Å²) in [6.07, 6.45) is 0. The summed E-state index contributed by atoms with van der Waals surface area (Å²) in [5.74, 6) is 1.15. The first-order chi connectivity index (χ1) is 12.9. The normalized spacial score (nSPS) is 12.7. The summed E-state index contributed by atoms with van der Waals surface area (Å²) in [7, 11) is 0. The minimum Gasteiger partial charge on any atom is -0.394 e. The molecule has 0 saturated heterocycles. The molecular weight excluding hydrogens is 366 g/mol. The summed E-state index contributed by atoms with van der Waals surface area (Å²) in [6.45, 7) is 8.06. The van der Waals surface area contributed by atoms with Crippen LogP contribution in [0, 0.1) is 5.92 Å². The number of nitrogens with zero attached hydrogens (tertiary/aromatic N) is 5. The Morgan fingerprint density at radius 1 is 1.19 bits per heavy atom. The van der Waals surface area contributed by atoms with E-state index in [0.29, 0.717) is 28.0 Å². The van der Waals surface area contributed by atoms with Crippen LogP contribution in [0.25, 0.3) is 11.2 Å². The molecule has 0 radical (unpaired) electrons.